The van der Waals surface area contributed by atoms with Gasteiger partial charge in [-0.15, -0.1) is 0 Å². The summed E-state index contributed by atoms with van der Waals surface area (Å²) in [6.07, 6.45) is 3.60. The first-order valence-corrected chi connectivity index (χ1v) is 5.94. The summed E-state index contributed by atoms with van der Waals surface area (Å²) >= 11 is 0. The quantitative estimate of drug-likeness (QED) is 0.664. The van der Waals surface area contributed by atoms with Crippen molar-refractivity contribution in [1.29, 1.82) is 0 Å². The molecule has 0 aliphatic carbocycles. The predicted molar refractivity (Wildman–Crippen MR) is 59.8 cm³/mol. The third kappa shape index (κ3) is 2.52. The van der Waals surface area contributed by atoms with Gasteiger partial charge in [-0.05, 0) is 19.4 Å². The second-order valence-electron chi connectivity index (χ2n) is 4.69. The Balaban J connectivity index is 1.81. The summed E-state index contributed by atoms with van der Waals surface area (Å²) in [5, 5.41) is 6.15. The van der Waals surface area contributed by atoms with Crippen LogP contribution in [0.2, 0.25) is 0 Å². The fourth-order valence-corrected chi connectivity index (χ4v) is 2.34. The molecule has 5 nitrogen and oxygen atoms in total. The molecule has 0 radical (unpaired) electrons. The monoisotopic (exact) mass is 225 g/mol. The maximum absolute atomic E-state index is 11.9. The van der Waals surface area contributed by atoms with Crippen molar-refractivity contribution in [2.24, 2.45) is 0 Å². The molecule has 0 spiro atoms. The number of carbonyl (C=O) groups excluding carboxylic acids is 2. The molecule has 0 aromatic heterocycles. The van der Waals surface area contributed by atoms with Crippen molar-refractivity contribution in [3.05, 3.63) is 0 Å². The zero-order valence-corrected chi connectivity index (χ0v) is 9.66. The number of piperidine rings is 1. The van der Waals surface area contributed by atoms with Crippen LogP contribution in [0, 0.1) is 0 Å². The molecule has 2 heterocycles. The minimum absolute atomic E-state index is 0.00581. The molecule has 5 heteroatoms. The molecule has 2 aliphatic rings. The Labute approximate surface area is 95.6 Å². The summed E-state index contributed by atoms with van der Waals surface area (Å²) in [4.78, 5) is 24.8. The van der Waals surface area contributed by atoms with Crippen molar-refractivity contribution < 1.29 is 9.59 Å². The highest BCUT2D eigenvalue weighted by Gasteiger charge is 2.30. The topological polar surface area (TPSA) is 61.4 Å². The van der Waals surface area contributed by atoms with Gasteiger partial charge in [-0.2, -0.15) is 0 Å². The summed E-state index contributed by atoms with van der Waals surface area (Å²) < 4.78 is 0. The number of carbonyl (C=O) groups is 2. The first-order chi connectivity index (χ1) is 7.66. The molecule has 2 fully saturated rings. The van der Waals surface area contributed by atoms with E-state index < -0.39 is 0 Å². The van der Waals surface area contributed by atoms with Gasteiger partial charge in [-0.25, -0.2) is 0 Å². The Morgan fingerprint density at radius 2 is 2.31 bits per heavy atom. The van der Waals surface area contributed by atoms with Crippen molar-refractivity contribution in [3.8, 4) is 0 Å². The minimum atomic E-state index is -0.0604. The molecular formula is C11H19N3O2. The van der Waals surface area contributed by atoms with E-state index in [0.29, 0.717) is 13.0 Å². The van der Waals surface area contributed by atoms with Crippen molar-refractivity contribution in [3.63, 3.8) is 0 Å². The first-order valence-electron chi connectivity index (χ1n) is 5.94. The lowest BCUT2D eigenvalue weighted by Crippen LogP contribution is -2.50. The molecule has 0 saturated carbocycles. The Hall–Kier alpha value is -1.10. The summed E-state index contributed by atoms with van der Waals surface area (Å²) in [5.41, 5.74) is 0. The fourth-order valence-electron chi connectivity index (χ4n) is 2.34. The molecule has 2 N–H and O–H groups in total. The van der Waals surface area contributed by atoms with Gasteiger partial charge >= 0.3 is 0 Å². The first kappa shape index (κ1) is 11.4. The van der Waals surface area contributed by atoms with Crippen LogP contribution in [0.4, 0.5) is 0 Å². The third-order valence-electron chi connectivity index (χ3n) is 3.31. The molecule has 2 atom stereocenters. The van der Waals surface area contributed by atoms with Gasteiger partial charge in [0.05, 0.1) is 12.1 Å². The van der Waals surface area contributed by atoms with E-state index in [0.717, 1.165) is 25.8 Å². The summed E-state index contributed by atoms with van der Waals surface area (Å²) in [6, 6.07) is -0.0662. The molecular weight excluding hydrogens is 206 g/mol. The van der Waals surface area contributed by atoms with Gasteiger partial charge in [-0.3, -0.25) is 9.59 Å². The summed E-state index contributed by atoms with van der Waals surface area (Å²) in [6.45, 7) is 1.55. The van der Waals surface area contributed by atoms with Gasteiger partial charge < -0.3 is 15.5 Å². The smallest absolute Gasteiger partial charge is 0.237 e. The van der Waals surface area contributed by atoms with Crippen LogP contribution in [-0.4, -0.2) is 48.9 Å². The average Bonchev–Trinajstić information content (AvgIpc) is 2.59. The zero-order valence-electron chi connectivity index (χ0n) is 9.66. The molecule has 2 saturated heterocycles. The largest absolute Gasteiger partial charge is 0.350 e. The van der Waals surface area contributed by atoms with E-state index in [4.69, 9.17) is 0 Å². The molecule has 0 bridgehead atoms. The molecule has 2 aliphatic heterocycles. The molecule has 0 aromatic carbocycles. The van der Waals surface area contributed by atoms with Crippen LogP contribution < -0.4 is 10.6 Å². The highest BCUT2D eigenvalue weighted by Crippen LogP contribution is 2.11. The van der Waals surface area contributed by atoms with Crippen LogP contribution in [0.5, 0.6) is 0 Å². The number of hydrogen-bond donors (Lipinski definition) is 2. The summed E-state index contributed by atoms with van der Waals surface area (Å²) in [5.74, 6) is 0.162. The van der Waals surface area contributed by atoms with Gasteiger partial charge in [0.2, 0.25) is 11.8 Å². The normalized spacial score (nSPS) is 30.6. The molecule has 1 unspecified atom stereocenters. The van der Waals surface area contributed by atoms with Gasteiger partial charge in [0.15, 0.2) is 0 Å². The number of likely N-dealkylation sites (N-methyl/N-ethyl adjacent to an activating group) is 1. The SMILES string of the molecule is CN1CC(NC(=O)[C@H]2CCCCN2)CC1=O. The third-order valence-corrected chi connectivity index (χ3v) is 3.31. The van der Waals surface area contributed by atoms with Gasteiger partial charge in [0, 0.05) is 20.0 Å². The predicted octanol–water partition coefficient (Wildman–Crippen LogP) is -0.525. The van der Waals surface area contributed by atoms with Crippen LogP contribution in [-0.2, 0) is 9.59 Å². The second-order valence-corrected chi connectivity index (χ2v) is 4.69. The van der Waals surface area contributed by atoms with E-state index >= 15 is 0 Å². The van der Waals surface area contributed by atoms with Crippen LogP contribution in [0.15, 0.2) is 0 Å². The van der Waals surface area contributed by atoms with Crippen LogP contribution in [0.3, 0.4) is 0 Å². The number of nitrogens with one attached hydrogen (secondary N) is 2. The highest BCUT2D eigenvalue weighted by atomic mass is 16.2. The average molecular weight is 225 g/mol. The lowest BCUT2D eigenvalue weighted by atomic mass is 10.0. The molecule has 90 valence electrons. The van der Waals surface area contributed by atoms with E-state index in [1.165, 1.54) is 0 Å². The van der Waals surface area contributed by atoms with Crippen LogP contribution >= 0.6 is 0 Å². The Kier molecular flexibility index (Phi) is 3.43. The number of rotatable bonds is 2. The number of likely N-dealkylation sites (tertiary alicyclic amines) is 1. The van der Waals surface area contributed by atoms with E-state index in [2.05, 4.69) is 10.6 Å². The lowest BCUT2D eigenvalue weighted by Gasteiger charge is -2.24. The maximum Gasteiger partial charge on any atom is 0.237 e. The highest BCUT2D eigenvalue weighted by molar-refractivity contribution is 5.84. The van der Waals surface area contributed by atoms with Crippen molar-refractivity contribution in [2.45, 2.75) is 37.8 Å². The van der Waals surface area contributed by atoms with Crippen LogP contribution in [0.25, 0.3) is 0 Å². The minimum Gasteiger partial charge on any atom is -0.350 e. The summed E-state index contributed by atoms with van der Waals surface area (Å²) in [7, 11) is 1.77. The van der Waals surface area contributed by atoms with E-state index in [1.807, 2.05) is 0 Å². The van der Waals surface area contributed by atoms with Crippen molar-refractivity contribution in [1.82, 2.24) is 15.5 Å². The Morgan fingerprint density at radius 3 is 2.88 bits per heavy atom. The van der Waals surface area contributed by atoms with Gasteiger partial charge in [0.1, 0.15) is 0 Å². The standard InChI is InChI=1S/C11H19N3O2/c1-14-7-8(6-10(14)15)13-11(16)9-4-2-3-5-12-9/h8-9,12H,2-7H2,1H3,(H,13,16)/t8?,9-/m1/s1. The fraction of sp³-hybridized carbons (Fsp3) is 0.818. The van der Waals surface area contributed by atoms with E-state index in [9.17, 15) is 9.59 Å². The lowest BCUT2D eigenvalue weighted by molar-refractivity contribution is -0.126. The number of amides is 2. The van der Waals surface area contributed by atoms with Gasteiger partial charge in [0.25, 0.3) is 0 Å². The molecule has 2 amide bonds. The van der Waals surface area contributed by atoms with Crippen molar-refractivity contribution in [2.75, 3.05) is 20.1 Å². The zero-order chi connectivity index (χ0) is 11.5. The van der Waals surface area contributed by atoms with E-state index in [1.54, 1.807) is 11.9 Å². The molecule has 2 rings (SSSR count). The Morgan fingerprint density at radius 1 is 1.50 bits per heavy atom. The number of nitrogens with zero attached hydrogens (tertiary/aromatic N) is 1. The maximum atomic E-state index is 11.9. The van der Waals surface area contributed by atoms with Gasteiger partial charge in [-0.1, -0.05) is 6.42 Å². The Bertz CT molecular complexity index is 287. The van der Waals surface area contributed by atoms with E-state index in [-0.39, 0.29) is 23.9 Å². The van der Waals surface area contributed by atoms with Crippen molar-refractivity contribution >= 4 is 11.8 Å². The molecule has 0 aromatic rings. The number of hydrogen-bond acceptors (Lipinski definition) is 3. The van der Waals surface area contributed by atoms with Crippen LogP contribution in [0.1, 0.15) is 25.7 Å². The second kappa shape index (κ2) is 4.82. The molecule has 16 heavy (non-hydrogen) atoms.